The second-order valence-electron chi connectivity index (χ2n) is 3.06. The molecule has 0 fully saturated rings. The third-order valence-electron chi connectivity index (χ3n) is 2.09. The molecule has 0 spiro atoms. The van der Waals surface area contributed by atoms with Crippen LogP contribution in [0.2, 0.25) is 0 Å². The fraction of sp³-hybridized carbons (Fsp3) is 0. The molecule has 72 valence electrons. The molecular formula is C10H7N5. The maximum Gasteiger partial charge on any atom is 0.270 e. The van der Waals surface area contributed by atoms with E-state index in [0.717, 1.165) is 11.3 Å². The number of nitrogens with zero attached hydrogens (tertiary/aromatic N) is 5. The van der Waals surface area contributed by atoms with Crippen LogP contribution >= 0.6 is 0 Å². The lowest BCUT2D eigenvalue weighted by Crippen LogP contribution is -1.97. The molecule has 0 aliphatic rings. The van der Waals surface area contributed by atoms with Gasteiger partial charge in [-0.15, -0.1) is 9.73 Å². The molecule has 2 aromatic heterocycles. The summed E-state index contributed by atoms with van der Waals surface area (Å²) in [5, 5.41) is 7.98. The Morgan fingerprint density at radius 1 is 1.00 bits per heavy atom. The van der Waals surface area contributed by atoms with Gasteiger partial charge in [0.15, 0.2) is 0 Å². The van der Waals surface area contributed by atoms with E-state index in [1.165, 1.54) is 11.0 Å². The van der Waals surface area contributed by atoms with Gasteiger partial charge in [-0.2, -0.15) is 10.1 Å². The average molecular weight is 197 g/mol. The predicted molar refractivity (Wildman–Crippen MR) is 54.0 cm³/mol. The van der Waals surface area contributed by atoms with Crippen molar-refractivity contribution in [3.8, 4) is 11.3 Å². The second kappa shape index (κ2) is 3.13. The molecule has 0 atom stereocenters. The number of hydrogen-bond donors (Lipinski definition) is 0. The first-order chi connectivity index (χ1) is 7.43. The summed E-state index contributed by atoms with van der Waals surface area (Å²) in [6.07, 6.45) is 3.11. The van der Waals surface area contributed by atoms with Gasteiger partial charge in [0.2, 0.25) is 0 Å². The largest absolute Gasteiger partial charge is 0.270 e. The van der Waals surface area contributed by atoms with Crippen molar-refractivity contribution in [2.24, 2.45) is 0 Å². The summed E-state index contributed by atoms with van der Waals surface area (Å²) < 4.78 is 1.40. The summed E-state index contributed by atoms with van der Waals surface area (Å²) in [6, 6.07) is 9.86. The molecule has 0 unspecified atom stereocenters. The number of fused-ring (bicyclic) bond motifs is 1. The van der Waals surface area contributed by atoms with Crippen molar-refractivity contribution in [3.05, 3.63) is 42.9 Å². The van der Waals surface area contributed by atoms with Crippen LogP contribution in [0.5, 0.6) is 0 Å². The molecule has 0 amide bonds. The molecule has 0 saturated heterocycles. The molecule has 0 radical (unpaired) electrons. The normalized spacial score (nSPS) is 10.7. The lowest BCUT2D eigenvalue weighted by atomic mass is 10.2. The number of rotatable bonds is 1. The lowest BCUT2D eigenvalue weighted by Gasteiger charge is -1.98. The van der Waals surface area contributed by atoms with E-state index >= 15 is 0 Å². The van der Waals surface area contributed by atoms with Crippen molar-refractivity contribution in [1.82, 2.24) is 24.8 Å². The van der Waals surface area contributed by atoms with Crippen LogP contribution in [0.25, 0.3) is 17.0 Å². The number of hydrogen-bond acceptors (Lipinski definition) is 4. The molecule has 0 aliphatic carbocycles. The van der Waals surface area contributed by atoms with Crippen LogP contribution in [0.4, 0.5) is 0 Å². The first-order valence-corrected chi connectivity index (χ1v) is 4.52. The zero-order valence-electron chi connectivity index (χ0n) is 7.78. The Labute approximate surface area is 85.4 Å². The molecule has 0 aliphatic heterocycles. The summed E-state index contributed by atoms with van der Waals surface area (Å²) in [5.74, 6) is 0.511. The highest BCUT2D eigenvalue weighted by atomic mass is 15.5. The Morgan fingerprint density at radius 3 is 2.73 bits per heavy atom. The minimum atomic E-state index is 0.511. The Hall–Kier alpha value is -2.30. The standard InChI is InChI=1S/C10H7N5/c1-2-4-8(5-3-1)9-6-12-15-10(14-9)11-7-13-15/h1-7H. The number of benzene rings is 1. The highest BCUT2D eigenvalue weighted by Gasteiger charge is 2.02. The van der Waals surface area contributed by atoms with E-state index in [2.05, 4.69) is 20.2 Å². The van der Waals surface area contributed by atoms with E-state index in [-0.39, 0.29) is 0 Å². The van der Waals surface area contributed by atoms with E-state index in [0.29, 0.717) is 5.78 Å². The van der Waals surface area contributed by atoms with Crippen LogP contribution in [0.3, 0.4) is 0 Å². The molecule has 5 nitrogen and oxygen atoms in total. The van der Waals surface area contributed by atoms with Crippen LogP contribution in [0.1, 0.15) is 0 Å². The van der Waals surface area contributed by atoms with Crippen molar-refractivity contribution >= 4 is 5.78 Å². The lowest BCUT2D eigenvalue weighted by molar-refractivity contribution is 0.784. The van der Waals surface area contributed by atoms with Gasteiger partial charge in [0.05, 0.1) is 11.9 Å². The molecule has 0 bridgehead atoms. The van der Waals surface area contributed by atoms with Gasteiger partial charge in [-0.1, -0.05) is 30.3 Å². The van der Waals surface area contributed by atoms with Crippen molar-refractivity contribution in [1.29, 1.82) is 0 Å². The van der Waals surface area contributed by atoms with Crippen LogP contribution in [0, 0.1) is 0 Å². The van der Waals surface area contributed by atoms with Crippen LogP contribution in [-0.4, -0.2) is 24.8 Å². The maximum atomic E-state index is 4.33. The van der Waals surface area contributed by atoms with Gasteiger partial charge in [0.25, 0.3) is 5.78 Å². The topological polar surface area (TPSA) is 56.0 Å². The SMILES string of the molecule is c1ccc(-c2cnn3ncnc3n2)cc1. The Bertz CT molecular complexity index is 587. The smallest absolute Gasteiger partial charge is 0.208 e. The van der Waals surface area contributed by atoms with Crippen molar-refractivity contribution in [3.63, 3.8) is 0 Å². The first kappa shape index (κ1) is 8.05. The Kier molecular flexibility index (Phi) is 1.68. The van der Waals surface area contributed by atoms with E-state index < -0.39 is 0 Å². The number of aromatic nitrogens is 5. The van der Waals surface area contributed by atoms with Gasteiger partial charge in [-0.05, 0) is 0 Å². The zero-order valence-corrected chi connectivity index (χ0v) is 7.78. The first-order valence-electron chi connectivity index (χ1n) is 4.52. The van der Waals surface area contributed by atoms with Crippen LogP contribution in [0.15, 0.2) is 42.9 Å². The monoisotopic (exact) mass is 197 g/mol. The highest BCUT2D eigenvalue weighted by molar-refractivity contribution is 5.58. The molecule has 5 heteroatoms. The third-order valence-corrected chi connectivity index (χ3v) is 2.09. The fourth-order valence-electron chi connectivity index (χ4n) is 1.38. The third kappa shape index (κ3) is 1.34. The predicted octanol–water partition coefficient (Wildman–Crippen LogP) is 1.19. The summed E-state index contributed by atoms with van der Waals surface area (Å²) in [6.45, 7) is 0. The van der Waals surface area contributed by atoms with Gasteiger partial charge in [0.1, 0.15) is 6.33 Å². The summed E-state index contributed by atoms with van der Waals surface area (Å²) >= 11 is 0. The molecular weight excluding hydrogens is 190 g/mol. The van der Waals surface area contributed by atoms with Crippen LogP contribution in [-0.2, 0) is 0 Å². The summed E-state index contributed by atoms with van der Waals surface area (Å²) in [7, 11) is 0. The average Bonchev–Trinajstić information content (AvgIpc) is 2.77. The van der Waals surface area contributed by atoms with Crippen molar-refractivity contribution in [2.75, 3.05) is 0 Å². The van der Waals surface area contributed by atoms with Gasteiger partial charge >= 0.3 is 0 Å². The summed E-state index contributed by atoms with van der Waals surface area (Å²) in [5.41, 5.74) is 1.83. The van der Waals surface area contributed by atoms with Crippen molar-refractivity contribution < 1.29 is 0 Å². The van der Waals surface area contributed by atoms with Gasteiger partial charge in [0, 0.05) is 5.56 Å². The highest BCUT2D eigenvalue weighted by Crippen LogP contribution is 2.14. The molecule has 1 aromatic carbocycles. The van der Waals surface area contributed by atoms with Crippen molar-refractivity contribution in [2.45, 2.75) is 0 Å². The van der Waals surface area contributed by atoms with Gasteiger partial charge < -0.3 is 0 Å². The Balaban J connectivity index is 2.19. The molecule has 3 rings (SSSR count). The molecule has 0 N–H and O–H groups in total. The van der Waals surface area contributed by atoms with Crippen LogP contribution < -0.4 is 0 Å². The van der Waals surface area contributed by atoms with E-state index in [1.807, 2.05) is 30.3 Å². The minimum Gasteiger partial charge on any atom is -0.208 e. The van der Waals surface area contributed by atoms with E-state index in [4.69, 9.17) is 0 Å². The zero-order chi connectivity index (χ0) is 10.1. The molecule has 15 heavy (non-hydrogen) atoms. The minimum absolute atomic E-state index is 0.511. The molecule has 0 saturated carbocycles. The summed E-state index contributed by atoms with van der Waals surface area (Å²) in [4.78, 5) is 8.32. The van der Waals surface area contributed by atoms with E-state index in [1.54, 1.807) is 6.20 Å². The van der Waals surface area contributed by atoms with Gasteiger partial charge in [-0.25, -0.2) is 4.98 Å². The Morgan fingerprint density at radius 2 is 1.87 bits per heavy atom. The maximum absolute atomic E-state index is 4.33. The second-order valence-corrected chi connectivity index (χ2v) is 3.06. The molecule has 2 heterocycles. The molecule has 3 aromatic rings. The van der Waals surface area contributed by atoms with Gasteiger partial charge in [-0.3, -0.25) is 0 Å². The van der Waals surface area contributed by atoms with E-state index in [9.17, 15) is 0 Å². The quantitative estimate of drug-likeness (QED) is 0.588. The fourth-order valence-corrected chi connectivity index (χ4v) is 1.38.